The van der Waals surface area contributed by atoms with Gasteiger partial charge >= 0.3 is 0 Å². The lowest BCUT2D eigenvalue weighted by Gasteiger charge is -2.21. The molecule has 0 spiro atoms. The van der Waals surface area contributed by atoms with Crippen molar-refractivity contribution in [1.82, 2.24) is 15.8 Å². The molecule has 0 aromatic carbocycles. The average molecular weight is 283 g/mol. The van der Waals surface area contributed by atoms with Crippen molar-refractivity contribution in [2.75, 3.05) is 19.7 Å². The predicted molar refractivity (Wildman–Crippen MR) is 71.6 cm³/mol. The van der Waals surface area contributed by atoms with Gasteiger partial charge in [-0.1, -0.05) is 6.07 Å². The second-order valence-electron chi connectivity index (χ2n) is 4.43. The fourth-order valence-electron chi connectivity index (χ4n) is 2.13. The number of hydrazine groups is 1. The van der Waals surface area contributed by atoms with Crippen molar-refractivity contribution in [2.45, 2.75) is 18.9 Å². The number of aliphatic hydroxyl groups excluding tert-OH is 1. The van der Waals surface area contributed by atoms with E-state index in [1.807, 2.05) is 4.90 Å². The van der Waals surface area contributed by atoms with Crippen molar-refractivity contribution in [2.24, 2.45) is 0 Å². The maximum atomic E-state index is 11.7. The van der Waals surface area contributed by atoms with Crippen LogP contribution >= 0.6 is 11.3 Å². The first-order chi connectivity index (χ1) is 9.20. The van der Waals surface area contributed by atoms with Gasteiger partial charge in [0.05, 0.1) is 18.0 Å². The monoisotopic (exact) mass is 283 g/mol. The number of carbonyl (C=O) groups excluding carboxylic acids is 2. The summed E-state index contributed by atoms with van der Waals surface area (Å²) < 4.78 is 0. The Morgan fingerprint density at radius 3 is 3.00 bits per heavy atom. The van der Waals surface area contributed by atoms with Gasteiger partial charge < -0.3 is 5.11 Å². The molecular formula is C12H17N3O3S. The molecule has 1 aromatic heterocycles. The van der Waals surface area contributed by atoms with Crippen molar-refractivity contribution >= 4 is 23.2 Å². The summed E-state index contributed by atoms with van der Waals surface area (Å²) in [7, 11) is 0. The van der Waals surface area contributed by atoms with Gasteiger partial charge in [-0.15, -0.1) is 11.3 Å². The second kappa shape index (κ2) is 6.65. The molecule has 1 fully saturated rings. The molecule has 1 saturated heterocycles. The van der Waals surface area contributed by atoms with E-state index < -0.39 is 0 Å². The van der Waals surface area contributed by atoms with Crippen LogP contribution in [0.3, 0.4) is 0 Å². The van der Waals surface area contributed by atoms with E-state index >= 15 is 0 Å². The molecule has 2 heterocycles. The normalized spacial score (nSPS) is 19.3. The van der Waals surface area contributed by atoms with Crippen LogP contribution in [0.25, 0.3) is 0 Å². The van der Waals surface area contributed by atoms with Crippen LogP contribution in [0, 0.1) is 0 Å². The Labute approximate surface area is 115 Å². The molecule has 2 rings (SSSR count). The standard InChI is InChI=1S/C12H17N3O3S/c16-8-9-3-1-5-15(9)7-11(17)13-14-12(18)10-4-2-6-19-10/h2,4,6,9,16H,1,3,5,7-8H2,(H,13,17)(H,14,18)/t9-/m1/s1. The van der Waals surface area contributed by atoms with E-state index in [2.05, 4.69) is 10.9 Å². The highest BCUT2D eigenvalue weighted by Crippen LogP contribution is 2.15. The van der Waals surface area contributed by atoms with Crippen LogP contribution in [0.2, 0.25) is 0 Å². The van der Waals surface area contributed by atoms with E-state index in [-0.39, 0.29) is 31.0 Å². The van der Waals surface area contributed by atoms with Crippen LogP contribution in [-0.2, 0) is 4.79 Å². The minimum atomic E-state index is -0.316. The van der Waals surface area contributed by atoms with Gasteiger partial charge in [0.15, 0.2) is 0 Å². The van der Waals surface area contributed by atoms with Crippen LogP contribution in [0.15, 0.2) is 17.5 Å². The first-order valence-corrected chi connectivity index (χ1v) is 7.06. The number of amides is 2. The van der Waals surface area contributed by atoms with E-state index in [4.69, 9.17) is 5.11 Å². The highest BCUT2D eigenvalue weighted by Gasteiger charge is 2.25. The molecule has 7 heteroatoms. The fraction of sp³-hybridized carbons (Fsp3) is 0.500. The van der Waals surface area contributed by atoms with E-state index in [0.29, 0.717) is 4.88 Å². The number of rotatable bonds is 4. The molecule has 2 amide bonds. The molecule has 0 bridgehead atoms. The van der Waals surface area contributed by atoms with Crippen molar-refractivity contribution in [3.8, 4) is 0 Å². The van der Waals surface area contributed by atoms with E-state index in [1.54, 1.807) is 17.5 Å². The van der Waals surface area contributed by atoms with Gasteiger partial charge in [-0.05, 0) is 30.8 Å². The van der Waals surface area contributed by atoms with E-state index in [0.717, 1.165) is 19.4 Å². The summed E-state index contributed by atoms with van der Waals surface area (Å²) in [5, 5.41) is 10.9. The van der Waals surface area contributed by atoms with Crippen molar-refractivity contribution < 1.29 is 14.7 Å². The average Bonchev–Trinajstić information content (AvgIpc) is 3.06. The summed E-state index contributed by atoms with van der Waals surface area (Å²) in [5.74, 6) is -0.589. The molecule has 0 saturated carbocycles. The van der Waals surface area contributed by atoms with Crippen molar-refractivity contribution in [3.63, 3.8) is 0 Å². The SMILES string of the molecule is O=C(CN1CCC[C@@H]1CO)NNC(=O)c1cccs1. The Morgan fingerprint density at radius 2 is 2.32 bits per heavy atom. The largest absolute Gasteiger partial charge is 0.395 e. The van der Waals surface area contributed by atoms with Crippen LogP contribution in [0.1, 0.15) is 22.5 Å². The van der Waals surface area contributed by atoms with Gasteiger partial charge in [-0.3, -0.25) is 25.3 Å². The summed E-state index contributed by atoms with van der Waals surface area (Å²) >= 11 is 1.31. The Hall–Kier alpha value is -1.44. The Morgan fingerprint density at radius 1 is 1.47 bits per heavy atom. The maximum Gasteiger partial charge on any atom is 0.279 e. The van der Waals surface area contributed by atoms with Crippen molar-refractivity contribution in [1.29, 1.82) is 0 Å². The van der Waals surface area contributed by atoms with Crippen molar-refractivity contribution in [3.05, 3.63) is 22.4 Å². The lowest BCUT2D eigenvalue weighted by Crippen LogP contribution is -2.47. The third-order valence-corrected chi connectivity index (χ3v) is 3.99. The summed E-state index contributed by atoms with van der Waals surface area (Å²) in [6.45, 7) is 1.06. The number of nitrogens with zero attached hydrogens (tertiary/aromatic N) is 1. The Balaban J connectivity index is 1.74. The summed E-state index contributed by atoms with van der Waals surface area (Å²) in [5.41, 5.74) is 4.76. The first kappa shape index (κ1) is 14.0. The number of thiophene rings is 1. The predicted octanol–water partition coefficient (Wildman–Crippen LogP) is -0.0342. The lowest BCUT2D eigenvalue weighted by atomic mass is 10.2. The minimum Gasteiger partial charge on any atom is -0.395 e. The second-order valence-corrected chi connectivity index (χ2v) is 5.38. The van der Waals surface area contributed by atoms with Crippen LogP contribution < -0.4 is 10.9 Å². The molecule has 104 valence electrons. The molecule has 3 N–H and O–H groups in total. The van der Waals surface area contributed by atoms with Gasteiger partial charge in [0.2, 0.25) is 0 Å². The fourth-order valence-corrected chi connectivity index (χ4v) is 2.75. The van der Waals surface area contributed by atoms with Crippen LogP contribution in [0.4, 0.5) is 0 Å². The molecular weight excluding hydrogens is 266 g/mol. The van der Waals surface area contributed by atoms with Gasteiger partial charge in [-0.25, -0.2) is 0 Å². The highest BCUT2D eigenvalue weighted by molar-refractivity contribution is 7.12. The molecule has 1 atom stereocenters. The Bertz CT molecular complexity index is 435. The topological polar surface area (TPSA) is 81.7 Å². The number of hydrogen-bond donors (Lipinski definition) is 3. The number of nitrogens with one attached hydrogen (secondary N) is 2. The zero-order chi connectivity index (χ0) is 13.7. The molecule has 19 heavy (non-hydrogen) atoms. The third-order valence-electron chi connectivity index (χ3n) is 3.12. The number of hydrogen-bond acceptors (Lipinski definition) is 5. The van der Waals surface area contributed by atoms with Crippen LogP contribution in [0.5, 0.6) is 0 Å². The minimum absolute atomic E-state index is 0.0544. The molecule has 0 radical (unpaired) electrons. The molecule has 1 aliphatic heterocycles. The van der Waals surface area contributed by atoms with Gasteiger partial charge in [0, 0.05) is 6.04 Å². The summed E-state index contributed by atoms with van der Waals surface area (Å²) in [6.07, 6.45) is 1.89. The third kappa shape index (κ3) is 3.76. The zero-order valence-corrected chi connectivity index (χ0v) is 11.3. The molecule has 0 unspecified atom stereocenters. The first-order valence-electron chi connectivity index (χ1n) is 6.18. The van der Waals surface area contributed by atoms with E-state index in [1.165, 1.54) is 11.3 Å². The lowest BCUT2D eigenvalue weighted by molar-refractivity contribution is -0.123. The number of aliphatic hydroxyl groups is 1. The Kier molecular flexibility index (Phi) is 4.89. The van der Waals surface area contributed by atoms with Gasteiger partial charge in [-0.2, -0.15) is 0 Å². The molecule has 0 aliphatic carbocycles. The number of likely N-dealkylation sites (tertiary alicyclic amines) is 1. The van der Waals surface area contributed by atoms with Gasteiger partial charge in [0.1, 0.15) is 0 Å². The highest BCUT2D eigenvalue weighted by atomic mass is 32.1. The van der Waals surface area contributed by atoms with E-state index in [9.17, 15) is 9.59 Å². The molecule has 1 aliphatic rings. The van der Waals surface area contributed by atoms with Gasteiger partial charge in [0.25, 0.3) is 11.8 Å². The quantitative estimate of drug-likeness (QED) is 0.678. The molecule has 1 aromatic rings. The smallest absolute Gasteiger partial charge is 0.279 e. The summed E-state index contributed by atoms with van der Waals surface area (Å²) in [4.78, 5) is 25.8. The van der Waals surface area contributed by atoms with Crippen LogP contribution in [-0.4, -0.2) is 47.6 Å². The zero-order valence-electron chi connectivity index (χ0n) is 10.5. The number of carbonyl (C=O) groups is 2. The summed E-state index contributed by atoms with van der Waals surface area (Å²) in [6, 6.07) is 3.52. The molecule has 6 nitrogen and oxygen atoms in total. The maximum absolute atomic E-state index is 11.7.